The minimum absolute atomic E-state index is 0.385. The minimum atomic E-state index is 0.385. The van der Waals surface area contributed by atoms with Gasteiger partial charge in [0.1, 0.15) is 0 Å². The molecule has 2 N–H and O–H groups in total. The summed E-state index contributed by atoms with van der Waals surface area (Å²) in [6.07, 6.45) is 5.47. The van der Waals surface area contributed by atoms with Crippen LogP contribution in [0, 0.1) is 0 Å². The van der Waals surface area contributed by atoms with Gasteiger partial charge in [0, 0.05) is 26.2 Å². The van der Waals surface area contributed by atoms with E-state index in [1.807, 2.05) is 7.05 Å². The Balaban J connectivity index is 1.88. The lowest BCUT2D eigenvalue weighted by molar-refractivity contribution is 0.277. The van der Waals surface area contributed by atoms with Gasteiger partial charge in [0.25, 0.3) is 0 Å². The van der Waals surface area contributed by atoms with E-state index < -0.39 is 0 Å². The zero-order chi connectivity index (χ0) is 16.5. The molecule has 1 aliphatic rings. The molecule has 0 bridgehead atoms. The molecular weight excluding hydrogens is 284 g/mol. The van der Waals surface area contributed by atoms with Gasteiger partial charge in [0.05, 0.1) is 0 Å². The lowest BCUT2D eigenvalue weighted by Gasteiger charge is -2.20. The van der Waals surface area contributed by atoms with Crippen molar-refractivity contribution in [2.24, 2.45) is 4.99 Å². The average Bonchev–Trinajstić information content (AvgIpc) is 2.80. The Hall–Kier alpha value is -1.55. The molecule has 1 aliphatic heterocycles. The predicted molar refractivity (Wildman–Crippen MR) is 98.7 cm³/mol. The van der Waals surface area contributed by atoms with Crippen LogP contribution < -0.4 is 10.6 Å². The Bertz CT molecular complexity index is 488. The maximum atomic E-state index is 4.26. The van der Waals surface area contributed by atoms with Crippen LogP contribution in [0.1, 0.15) is 50.7 Å². The van der Waals surface area contributed by atoms with Crippen LogP contribution in [-0.4, -0.2) is 37.0 Å². The third-order valence-electron chi connectivity index (χ3n) is 4.21. The van der Waals surface area contributed by atoms with Gasteiger partial charge in [-0.15, -0.1) is 0 Å². The molecule has 0 unspecified atom stereocenters. The third-order valence-corrected chi connectivity index (χ3v) is 4.21. The molecule has 1 fully saturated rings. The first-order chi connectivity index (χ1) is 11.2. The van der Waals surface area contributed by atoms with Crippen LogP contribution in [0.2, 0.25) is 0 Å². The fourth-order valence-electron chi connectivity index (χ4n) is 3.04. The molecule has 0 aliphatic carbocycles. The van der Waals surface area contributed by atoms with Crippen LogP contribution in [0.5, 0.6) is 0 Å². The molecule has 0 aromatic heterocycles. The second-order valence-electron chi connectivity index (χ2n) is 6.74. The molecule has 1 aromatic rings. The van der Waals surface area contributed by atoms with Gasteiger partial charge >= 0.3 is 0 Å². The van der Waals surface area contributed by atoms with Crippen molar-refractivity contribution in [3.63, 3.8) is 0 Å². The summed E-state index contributed by atoms with van der Waals surface area (Å²) < 4.78 is 0. The molecule has 0 saturated carbocycles. The van der Waals surface area contributed by atoms with E-state index in [9.17, 15) is 0 Å². The van der Waals surface area contributed by atoms with E-state index in [2.05, 4.69) is 58.6 Å². The highest BCUT2D eigenvalue weighted by Gasteiger charge is 2.09. The Morgan fingerprint density at radius 2 is 1.83 bits per heavy atom. The summed E-state index contributed by atoms with van der Waals surface area (Å²) in [5, 5.41) is 6.70. The summed E-state index contributed by atoms with van der Waals surface area (Å²) in [7, 11) is 1.81. The van der Waals surface area contributed by atoms with E-state index in [1.54, 1.807) is 0 Å². The maximum absolute atomic E-state index is 4.26. The fourth-order valence-corrected chi connectivity index (χ4v) is 3.04. The van der Waals surface area contributed by atoms with Gasteiger partial charge in [-0.2, -0.15) is 0 Å². The monoisotopic (exact) mass is 316 g/mol. The van der Waals surface area contributed by atoms with Gasteiger partial charge in [-0.3, -0.25) is 9.89 Å². The second kappa shape index (κ2) is 9.56. The SMILES string of the molecule is CN=C(NCc1cccc(CN2CCCCCC2)c1)NC(C)C. The molecule has 4 heteroatoms. The summed E-state index contributed by atoms with van der Waals surface area (Å²) in [6, 6.07) is 9.30. The van der Waals surface area contributed by atoms with Crippen LogP contribution >= 0.6 is 0 Å². The zero-order valence-corrected chi connectivity index (χ0v) is 14.9. The first-order valence-electron chi connectivity index (χ1n) is 8.94. The van der Waals surface area contributed by atoms with Crippen molar-refractivity contribution in [1.29, 1.82) is 0 Å². The Morgan fingerprint density at radius 1 is 1.13 bits per heavy atom. The minimum Gasteiger partial charge on any atom is -0.354 e. The highest BCUT2D eigenvalue weighted by Crippen LogP contribution is 2.14. The molecule has 1 aromatic carbocycles. The molecule has 0 spiro atoms. The maximum Gasteiger partial charge on any atom is 0.191 e. The number of guanidine groups is 1. The molecule has 0 amide bonds. The van der Waals surface area contributed by atoms with E-state index >= 15 is 0 Å². The number of hydrogen-bond donors (Lipinski definition) is 2. The molecule has 23 heavy (non-hydrogen) atoms. The van der Waals surface area contributed by atoms with Crippen LogP contribution in [0.15, 0.2) is 29.3 Å². The first kappa shape index (κ1) is 17.8. The normalized spacial score (nSPS) is 17.1. The summed E-state index contributed by atoms with van der Waals surface area (Å²) in [5.74, 6) is 0.859. The van der Waals surface area contributed by atoms with E-state index in [0.29, 0.717) is 6.04 Å². The van der Waals surface area contributed by atoms with Gasteiger partial charge < -0.3 is 10.6 Å². The first-order valence-corrected chi connectivity index (χ1v) is 8.94. The summed E-state index contributed by atoms with van der Waals surface area (Å²) in [4.78, 5) is 6.85. The summed E-state index contributed by atoms with van der Waals surface area (Å²) in [5.41, 5.74) is 2.72. The van der Waals surface area contributed by atoms with Crippen molar-refractivity contribution in [3.8, 4) is 0 Å². The van der Waals surface area contributed by atoms with E-state index in [-0.39, 0.29) is 0 Å². The van der Waals surface area contributed by atoms with Crippen molar-refractivity contribution < 1.29 is 0 Å². The topological polar surface area (TPSA) is 39.7 Å². The lowest BCUT2D eigenvalue weighted by atomic mass is 10.1. The zero-order valence-electron chi connectivity index (χ0n) is 14.9. The average molecular weight is 316 g/mol. The Morgan fingerprint density at radius 3 is 2.48 bits per heavy atom. The molecule has 1 heterocycles. The number of aliphatic imine (C=N–C) groups is 1. The number of nitrogens with zero attached hydrogens (tertiary/aromatic N) is 2. The molecule has 0 radical (unpaired) electrons. The molecule has 1 saturated heterocycles. The van der Waals surface area contributed by atoms with Crippen molar-refractivity contribution in [2.75, 3.05) is 20.1 Å². The summed E-state index contributed by atoms with van der Waals surface area (Å²) in [6.45, 7) is 8.61. The Kier molecular flexibility index (Phi) is 7.40. The van der Waals surface area contributed by atoms with Gasteiger partial charge in [0.15, 0.2) is 5.96 Å². The smallest absolute Gasteiger partial charge is 0.191 e. The van der Waals surface area contributed by atoms with Crippen LogP contribution in [-0.2, 0) is 13.1 Å². The van der Waals surface area contributed by atoms with E-state index in [1.165, 1.54) is 49.9 Å². The van der Waals surface area contributed by atoms with Crippen molar-refractivity contribution in [1.82, 2.24) is 15.5 Å². The van der Waals surface area contributed by atoms with Crippen LogP contribution in [0.4, 0.5) is 0 Å². The highest BCUT2D eigenvalue weighted by molar-refractivity contribution is 5.79. The standard InChI is InChI=1S/C19H32N4/c1-16(2)22-19(20-3)21-14-17-9-8-10-18(13-17)15-23-11-6-4-5-7-12-23/h8-10,13,16H,4-7,11-12,14-15H2,1-3H3,(H2,20,21,22). The van der Waals surface area contributed by atoms with Gasteiger partial charge in [-0.25, -0.2) is 0 Å². The number of hydrogen-bond acceptors (Lipinski definition) is 2. The Labute approximate surface area is 141 Å². The third kappa shape index (κ3) is 6.61. The van der Waals surface area contributed by atoms with E-state index in [0.717, 1.165) is 19.0 Å². The van der Waals surface area contributed by atoms with Crippen LogP contribution in [0.3, 0.4) is 0 Å². The van der Waals surface area contributed by atoms with Gasteiger partial charge in [-0.1, -0.05) is 37.1 Å². The van der Waals surface area contributed by atoms with Crippen LogP contribution in [0.25, 0.3) is 0 Å². The lowest BCUT2D eigenvalue weighted by Crippen LogP contribution is -2.40. The van der Waals surface area contributed by atoms with Gasteiger partial charge in [0.2, 0.25) is 0 Å². The van der Waals surface area contributed by atoms with E-state index in [4.69, 9.17) is 0 Å². The van der Waals surface area contributed by atoms with Crippen molar-refractivity contribution in [2.45, 2.75) is 58.7 Å². The number of likely N-dealkylation sites (tertiary alicyclic amines) is 1. The fraction of sp³-hybridized carbons (Fsp3) is 0.632. The van der Waals surface area contributed by atoms with Crippen molar-refractivity contribution in [3.05, 3.63) is 35.4 Å². The second-order valence-corrected chi connectivity index (χ2v) is 6.74. The largest absolute Gasteiger partial charge is 0.354 e. The predicted octanol–water partition coefficient (Wildman–Crippen LogP) is 3.14. The quantitative estimate of drug-likeness (QED) is 0.647. The van der Waals surface area contributed by atoms with Gasteiger partial charge in [-0.05, 0) is 50.9 Å². The molecule has 0 atom stereocenters. The molecule has 2 rings (SSSR count). The number of nitrogens with one attached hydrogen (secondary N) is 2. The number of benzene rings is 1. The molecular formula is C19H32N4. The summed E-state index contributed by atoms with van der Waals surface area (Å²) >= 11 is 0. The highest BCUT2D eigenvalue weighted by atomic mass is 15.2. The molecule has 4 nitrogen and oxygen atoms in total. The van der Waals surface area contributed by atoms with Crippen molar-refractivity contribution >= 4 is 5.96 Å². The molecule has 128 valence electrons. The number of rotatable bonds is 5.